The van der Waals surface area contributed by atoms with E-state index in [1.54, 1.807) is 54.1 Å². The highest BCUT2D eigenvalue weighted by Crippen LogP contribution is 2.46. The van der Waals surface area contributed by atoms with Gasteiger partial charge in [0, 0.05) is 50.4 Å². The number of nitrogens with zero attached hydrogens (tertiary/aromatic N) is 6. The van der Waals surface area contributed by atoms with Crippen LogP contribution in [-0.4, -0.2) is 94.0 Å². The molecule has 2 aliphatic rings. The predicted molar refractivity (Wildman–Crippen MR) is 184 cm³/mol. The van der Waals surface area contributed by atoms with Gasteiger partial charge in [-0.05, 0) is 42.7 Å². The minimum absolute atomic E-state index is 0.0152. The molecule has 1 aromatic carbocycles. The molecule has 1 saturated heterocycles. The van der Waals surface area contributed by atoms with E-state index in [9.17, 15) is 31.6 Å². The summed E-state index contributed by atoms with van der Waals surface area (Å²) < 4.78 is 69.3. The van der Waals surface area contributed by atoms with Crippen LogP contribution >= 0.6 is 0 Å². The highest BCUT2D eigenvalue weighted by atomic mass is 32.2. The molecule has 1 aliphatic carbocycles. The Hall–Kier alpha value is -5.48. The SMILES string of the molecule is COc1ccc(CN(C2(C#N)CC2)S(=O)(=O)c2cc(N3CCN(C(=O)C(C)C)CC3)c3ncc(-c4cc(N)[nH]c4N)n3c2)cc1.O=C(O)C(F)(F)F. The second kappa shape index (κ2) is 14.3. The first kappa shape index (κ1) is 37.8. The summed E-state index contributed by atoms with van der Waals surface area (Å²) in [4.78, 5) is 33.0. The Balaban J connectivity index is 0.000000679. The maximum atomic E-state index is 14.6. The standard InChI is InChI=1S/C31H37N9O4S.C2HF3O2/c1-20(2)30(41)38-12-10-37(11-13-38)25-14-23(18-39-26(16-35-29(25)39)24-15-27(33)36-28(24)34)45(42,43)40(31(19-32)8-9-31)17-21-4-6-22(44-3)7-5-21;3-2(4,5)1(6)7/h4-7,14-16,18,20,36H,8-13,17,33-34H2,1-3H3;(H,6,7). The largest absolute Gasteiger partial charge is 0.497 e. The van der Waals surface area contributed by atoms with Crippen molar-refractivity contribution in [2.45, 2.75) is 49.8 Å². The summed E-state index contributed by atoms with van der Waals surface area (Å²) in [5.74, 6) is -1.45. The van der Waals surface area contributed by atoms with Gasteiger partial charge in [0.15, 0.2) is 5.65 Å². The number of amides is 1. The molecule has 4 aromatic rings. The number of carbonyl (C=O) groups is 2. The van der Waals surface area contributed by atoms with Crippen LogP contribution in [0.25, 0.3) is 16.9 Å². The van der Waals surface area contributed by atoms with Crippen molar-refractivity contribution in [3.8, 4) is 23.1 Å². The molecule has 1 saturated carbocycles. The minimum atomic E-state index is -5.08. The van der Waals surface area contributed by atoms with Gasteiger partial charge in [0.2, 0.25) is 15.9 Å². The first-order chi connectivity index (χ1) is 24.4. The number of fused-ring (bicyclic) bond motifs is 1. The van der Waals surface area contributed by atoms with Crippen molar-refractivity contribution in [3.05, 3.63) is 54.4 Å². The van der Waals surface area contributed by atoms with Crippen molar-refractivity contribution in [1.29, 1.82) is 5.26 Å². The normalized spacial score (nSPS) is 15.7. The molecule has 0 radical (unpaired) electrons. The number of rotatable bonds is 9. The molecular formula is C33H38F3N9O6S. The van der Waals surface area contributed by atoms with Crippen LogP contribution in [0.3, 0.4) is 0 Å². The number of pyridine rings is 1. The van der Waals surface area contributed by atoms with Crippen molar-refractivity contribution in [3.63, 3.8) is 0 Å². The maximum Gasteiger partial charge on any atom is 0.490 e. The smallest absolute Gasteiger partial charge is 0.490 e. The maximum absolute atomic E-state index is 14.6. The van der Waals surface area contributed by atoms with E-state index in [1.165, 1.54) is 10.5 Å². The van der Waals surface area contributed by atoms with E-state index in [0.29, 0.717) is 79.0 Å². The van der Waals surface area contributed by atoms with E-state index in [4.69, 9.17) is 31.1 Å². The fourth-order valence-corrected chi connectivity index (χ4v) is 7.64. The Morgan fingerprint density at radius 2 is 1.75 bits per heavy atom. The number of aromatic nitrogens is 3. The third kappa shape index (κ3) is 7.57. The average Bonchev–Trinajstić information content (AvgIpc) is 3.66. The topological polar surface area (TPSA) is 216 Å². The molecule has 0 bridgehead atoms. The van der Waals surface area contributed by atoms with Crippen LogP contribution in [0.4, 0.5) is 30.5 Å². The van der Waals surface area contributed by atoms with Gasteiger partial charge < -0.3 is 36.1 Å². The average molecular weight is 746 g/mol. The number of benzene rings is 1. The highest BCUT2D eigenvalue weighted by Gasteiger charge is 2.54. The Labute approximate surface area is 297 Å². The van der Waals surface area contributed by atoms with Crippen LogP contribution in [0.15, 0.2) is 53.7 Å². The molecule has 6 N–H and O–H groups in total. The quantitative estimate of drug-likeness (QED) is 0.194. The number of methoxy groups -OCH3 is 1. The molecule has 6 rings (SSSR count). The fraction of sp³-hybridized carbons (Fsp3) is 0.394. The number of carbonyl (C=O) groups excluding carboxylic acids is 1. The molecule has 4 heterocycles. The van der Waals surface area contributed by atoms with Crippen molar-refractivity contribution >= 4 is 44.9 Å². The number of nitrogens with two attached hydrogens (primary N) is 2. The van der Waals surface area contributed by atoms with Crippen molar-refractivity contribution in [1.82, 2.24) is 23.6 Å². The van der Waals surface area contributed by atoms with E-state index < -0.39 is 27.7 Å². The number of aliphatic carboxylic acids is 1. The Kier molecular flexibility index (Phi) is 10.4. The molecule has 15 nitrogen and oxygen atoms in total. The fourth-order valence-electron chi connectivity index (χ4n) is 5.88. The van der Waals surface area contributed by atoms with Gasteiger partial charge in [-0.2, -0.15) is 22.7 Å². The highest BCUT2D eigenvalue weighted by molar-refractivity contribution is 7.89. The summed E-state index contributed by atoms with van der Waals surface area (Å²) >= 11 is 0. The summed E-state index contributed by atoms with van der Waals surface area (Å²) in [6, 6.07) is 12.7. The lowest BCUT2D eigenvalue weighted by atomic mass is 10.1. The second-order valence-corrected chi connectivity index (χ2v) is 14.6. The van der Waals surface area contributed by atoms with Gasteiger partial charge >= 0.3 is 12.1 Å². The van der Waals surface area contributed by atoms with Crippen LogP contribution in [0.5, 0.6) is 5.75 Å². The number of nitriles is 1. The number of H-pyrrole nitrogens is 1. The summed E-state index contributed by atoms with van der Waals surface area (Å²) in [7, 11) is -2.65. The number of alkyl halides is 3. The Morgan fingerprint density at radius 3 is 2.23 bits per heavy atom. The van der Waals surface area contributed by atoms with Gasteiger partial charge in [-0.1, -0.05) is 26.0 Å². The lowest BCUT2D eigenvalue weighted by molar-refractivity contribution is -0.192. The van der Waals surface area contributed by atoms with E-state index in [2.05, 4.69) is 16.0 Å². The molecule has 0 unspecified atom stereocenters. The number of nitrogens with one attached hydrogen (secondary N) is 1. The first-order valence-electron chi connectivity index (χ1n) is 16.1. The molecular weight excluding hydrogens is 707 g/mol. The van der Waals surface area contributed by atoms with Gasteiger partial charge in [-0.25, -0.2) is 18.2 Å². The third-order valence-electron chi connectivity index (χ3n) is 8.86. The van der Waals surface area contributed by atoms with Crippen LogP contribution < -0.4 is 21.1 Å². The van der Waals surface area contributed by atoms with Crippen LogP contribution in [0.2, 0.25) is 0 Å². The second-order valence-electron chi connectivity index (χ2n) is 12.7. The predicted octanol–water partition coefficient (Wildman–Crippen LogP) is 3.69. The number of hydrogen-bond acceptors (Lipinski definition) is 10. The number of piperazine rings is 1. The van der Waals surface area contributed by atoms with E-state index in [1.807, 2.05) is 18.7 Å². The van der Waals surface area contributed by atoms with Gasteiger partial charge in [0.05, 0.1) is 30.8 Å². The molecule has 3 aromatic heterocycles. The number of carboxylic acid groups (broad SMARTS) is 1. The van der Waals surface area contributed by atoms with Crippen LogP contribution in [-0.2, 0) is 26.2 Å². The first-order valence-corrected chi connectivity index (χ1v) is 17.5. The Morgan fingerprint density at radius 1 is 1.13 bits per heavy atom. The van der Waals surface area contributed by atoms with E-state index >= 15 is 0 Å². The molecule has 19 heteroatoms. The molecule has 0 atom stereocenters. The summed E-state index contributed by atoms with van der Waals surface area (Å²) in [5.41, 5.74) is 14.1. The number of ether oxygens (including phenoxy) is 1. The lowest BCUT2D eigenvalue weighted by Crippen LogP contribution is -2.50. The Bertz CT molecular complexity index is 2110. The van der Waals surface area contributed by atoms with Gasteiger partial charge in [-0.3, -0.25) is 9.20 Å². The monoisotopic (exact) mass is 745 g/mol. The molecule has 52 heavy (non-hydrogen) atoms. The number of hydrogen-bond donors (Lipinski definition) is 4. The number of nitrogen functional groups attached to an aromatic ring is 2. The zero-order chi connectivity index (χ0) is 38.2. The molecule has 278 valence electrons. The van der Waals surface area contributed by atoms with Gasteiger partial charge in [0.25, 0.3) is 0 Å². The van der Waals surface area contributed by atoms with Crippen LogP contribution in [0.1, 0.15) is 32.3 Å². The van der Waals surface area contributed by atoms with E-state index in [0.717, 1.165) is 5.56 Å². The molecule has 0 spiro atoms. The zero-order valence-electron chi connectivity index (χ0n) is 28.5. The summed E-state index contributed by atoms with van der Waals surface area (Å²) in [6.07, 6.45) is -1.03. The zero-order valence-corrected chi connectivity index (χ0v) is 29.3. The third-order valence-corrected chi connectivity index (χ3v) is 10.7. The van der Waals surface area contributed by atoms with Crippen molar-refractivity contribution in [2.75, 3.05) is 49.7 Å². The summed E-state index contributed by atoms with van der Waals surface area (Å²) in [6.45, 7) is 5.76. The van der Waals surface area contributed by atoms with Crippen molar-refractivity contribution in [2.24, 2.45) is 5.92 Å². The van der Waals surface area contributed by atoms with E-state index in [-0.39, 0.29) is 23.3 Å². The number of aromatic amines is 1. The molecule has 1 amide bonds. The number of imidazole rings is 1. The number of sulfonamides is 1. The summed E-state index contributed by atoms with van der Waals surface area (Å²) in [5, 5.41) is 17.3. The lowest BCUT2D eigenvalue weighted by Gasteiger charge is -2.37. The number of anilines is 3. The molecule has 2 fully saturated rings. The number of carboxylic acids is 1. The van der Waals surface area contributed by atoms with Gasteiger partial charge in [-0.15, -0.1) is 0 Å². The number of halogens is 3. The van der Waals surface area contributed by atoms with Gasteiger partial charge in [0.1, 0.15) is 27.8 Å². The van der Waals surface area contributed by atoms with Crippen molar-refractivity contribution < 1.29 is 41.0 Å². The molecule has 1 aliphatic heterocycles. The minimum Gasteiger partial charge on any atom is -0.497 e. The van der Waals surface area contributed by atoms with Crippen LogP contribution in [0, 0.1) is 17.2 Å².